The van der Waals surface area contributed by atoms with Gasteiger partial charge in [-0.2, -0.15) is 0 Å². The maximum atomic E-state index is 13.0. The number of carbonyl (C=O) groups is 1. The van der Waals surface area contributed by atoms with Crippen LogP contribution in [0.25, 0.3) is 0 Å². The minimum atomic E-state index is -0.729. The van der Waals surface area contributed by atoms with Gasteiger partial charge in [0.25, 0.3) is 5.56 Å². The normalized spacial score (nSPS) is 16.1. The molecule has 4 rings (SSSR count). The molecule has 2 atom stereocenters. The number of anilines is 1. The first-order chi connectivity index (χ1) is 15.2. The van der Waals surface area contributed by atoms with Crippen LogP contribution in [-0.4, -0.2) is 41.5 Å². The highest BCUT2D eigenvalue weighted by atomic mass is 32.2. The van der Waals surface area contributed by atoms with Crippen molar-refractivity contribution in [1.82, 2.24) is 23.9 Å². The number of aromatic nitrogens is 5. The van der Waals surface area contributed by atoms with Gasteiger partial charge in [0.2, 0.25) is 0 Å². The molecular formula is C20H22N6O5S. The molecule has 0 saturated carbocycles. The first-order valence-corrected chi connectivity index (χ1v) is 10.6. The second-order valence-corrected chi connectivity index (χ2v) is 8.66. The number of benzene rings is 1. The molecule has 3 aromatic rings. The fourth-order valence-electron chi connectivity index (χ4n) is 3.36. The Kier molecular flexibility index (Phi) is 5.55. The molecule has 0 amide bonds. The number of thioether (sulfide) groups is 1. The summed E-state index contributed by atoms with van der Waals surface area (Å²) in [6.45, 7) is 1.91. The maximum absolute atomic E-state index is 13.0. The Hall–Kier alpha value is -3.54. The van der Waals surface area contributed by atoms with Gasteiger partial charge in [-0.15, -0.1) is 10.2 Å². The Labute approximate surface area is 186 Å². The van der Waals surface area contributed by atoms with Crippen LogP contribution in [-0.2, 0) is 21.1 Å². The van der Waals surface area contributed by atoms with Crippen LogP contribution in [0.15, 0.2) is 39.0 Å². The summed E-state index contributed by atoms with van der Waals surface area (Å²) in [6, 6.07) is 7.35. The number of ketones is 1. The number of nitrogen functional groups attached to an aromatic ring is 1. The Morgan fingerprint density at radius 3 is 2.53 bits per heavy atom. The molecular weight excluding hydrogens is 436 g/mol. The standard InChI is InChI=1S/C20H22N6O5S/c1-10(15(27)14-16(21)24(2)20(29)26(4)18(14)28)32-19-23-22-17(25(19)3)13-9-30-11-7-5-6-8-12(11)31-13/h5-8,10,13H,9,21H2,1-4H3/t10-,13+/m1/s1. The third-order valence-electron chi connectivity index (χ3n) is 5.27. The van der Waals surface area contributed by atoms with Gasteiger partial charge in [0, 0.05) is 21.1 Å². The van der Waals surface area contributed by atoms with Gasteiger partial charge in [0.05, 0.1) is 5.25 Å². The lowest BCUT2D eigenvalue weighted by molar-refractivity contribution is 0.0825. The highest BCUT2D eigenvalue weighted by Gasteiger charge is 2.30. The first-order valence-electron chi connectivity index (χ1n) is 9.74. The van der Waals surface area contributed by atoms with Crippen LogP contribution in [0.4, 0.5) is 5.82 Å². The molecule has 11 nitrogen and oxygen atoms in total. The second-order valence-electron chi connectivity index (χ2n) is 7.35. The highest BCUT2D eigenvalue weighted by Crippen LogP contribution is 2.36. The lowest BCUT2D eigenvalue weighted by Gasteiger charge is -2.25. The summed E-state index contributed by atoms with van der Waals surface area (Å²) < 4.78 is 15.4. The Morgan fingerprint density at radius 1 is 1.12 bits per heavy atom. The van der Waals surface area contributed by atoms with E-state index in [2.05, 4.69) is 10.2 Å². The number of Topliss-reactive ketones (excluding diaryl/α,β-unsaturated/α-hetero) is 1. The van der Waals surface area contributed by atoms with E-state index in [1.807, 2.05) is 24.3 Å². The van der Waals surface area contributed by atoms with E-state index >= 15 is 0 Å². The second kappa shape index (κ2) is 8.19. The predicted molar refractivity (Wildman–Crippen MR) is 117 cm³/mol. The minimum absolute atomic E-state index is 0.166. The van der Waals surface area contributed by atoms with Crippen molar-refractivity contribution in [3.8, 4) is 11.5 Å². The van der Waals surface area contributed by atoms with Crippen LogP contribution in [0.3, 0.4) is 0 Å². The lowest BCUT2D eigenvalue weighted by atomic mass is 10.1. The van der Waals surface area contributed by atoms with Crippen molar-refractivity contribution >= 4 is 23.4 Å². The van der Waals surface area contributed by atoms with E-state index in [0.717, 1.165) is 20.9 Å². The number of para-hydroxylation sites is 2. The number of hydrogen-bond donors (Lipinski definition) is 1. The van der Waals surface area contributed by atoms with E-state index in [0.29, 0.717) is 22.5 Å². The van der Waals surface area contributed by atoms with Gasteiger partial charge in [0.1, 0.15) is 18.0 Å². The van der Waals surface area contributed by atoms with Gasteiger partial charge in [-0.25, -0.2) is 4.79 Å². The number of carbonyl (C=O) groups excluding carboxylic acids is 1. The van der Waals surface area contributed by atoms with Crippen LogP contribution in [0, 0.1) is 0 Å². The Balaban J connectivity index is 1.56. The summed E-state index contributed by atoms with van der Waals surface area (Å²) in [6.07, 6.45) is -0.464. The molecule has 12 heteroatoms. The van der Waals surface area contributed by atoms with Crippen LogP contribution in [0.5, 0.6) is 11.5 Å². The smallest absolute Gasteiger partial charge is 0.332 e. The number of ether oxygens (including phenoxy) is 2. The van der Waals surface area contributed by atoms with E-state index in [1.54, 1.807) is 18.5 Å². The fourth-order valence-corrected chi connectivity index (χ4v) is 4.24. The molecule has 0 saturated heterocycles. The maximum Gasteiger partial charge on any atom is 0.332 e. The van der Waals surface area contributed by atoms with Crippen molar-refractivity contribution in [3.63, 3.8) is 0 Å². The lowest BCUT2D eigenvalue weighted by Crippen LogP contribution is -2.42. The SMILES string of the molecule is C[C@@H](Sc1nnc([C@@H]2COc3ccccc3O2)n1C)C(=O)c1c(N)n(C)c(=O)n(C)c1=O. The third-order valence-corrected chi connectivity index (χ3v) is 6.41. The molecule has 1 aliphatic heterocycles. The van der Waals surface area contributed by atoms with Crippen molar-refractivity contribution in [1.29, 1.82) is 0 Å². The average Bonchev–Trinajstić information content (AvgIpc) is 3.15. The van der Waals surface area contributed by atoms with E-state index in [9.17, 15) is 14.4 Å². The summed E-state index contributed by atoms with van der Waals surface area (Å²) >= 11 is 1.13. The molecule has 1 aliphatic rings. The van der Waals surface area contributed by atoms with Crippen molar-refractivity contribution in [2.45, 2.75) is 23.4 Å². The molecule has 32 heavy (non-hydrogen) atoms. The summed E-state index contributed by atoms with van der Waals surface area (Å²) in [5.41, 5.74) is 4.36. The predicted octanol–water partition coefficient (Wildman–Crippen LogP) is 0.671. The average molecular weight is 459 g/mol. The Bertz CT molecular complexity index is 1330. The molecule has 1 aromatic carbocycles. The van der Waals surface area contributed by atoms with Gasteiger partial charge in [-0.05, 0) is 19.1 Å². The molecule has 2 aromatic heterocycles. The summed E-state index contributed by atoms with van der Waals surface area (Å²) in [5.74, 6) is 1.15. The van der Waals surface area contributed by atoms with Gasteiger partial charge >= 0.3 is 5.69 Å². The van der Waals surface area contributed by atoms with Crippen molar-refractivity contribution in [3.05, 3.63) is 56.5 Å². The number of rotatable bonds is 5. The number of hydrogen-bond acceptors (Lipinski definition) is 9. The van der Waals surface area contributed by atoms with Crippen molar-refractivity contribution in [2.75, 3.05) is 12.3 Å². The molecule has 2 N–H and O–H groups in total. The van der Waals surface area contributed by atoms with Crippen LogP contribution < -0.4 is 26.5 Å². The van der Waals surface area contributed by atoms with Gasteiger partial charge in [-0.1, -0.05) is 23.9 Å². The summed E-state index contributed by atoms with van der Waals surface area (Å²) in [4.78, 5) is 37.6. The topological polar surface area (TPSA) is 136 Å². The minimum Gasteiger partial charge on any atom is -0.485 e. The molecule has 0 bridgehead atoms. The largest absolute Gasteiger partial charge is 0.485 e. The quantitative estimate of drug-likeness (QED) is 0.432. The first kappa shape index (κ1) is 21.7. The zero-order valence-corrected chi connectivity index (χ0v) is 18.8. The third kappa shape index (κ3) is 3.55. The molecule has 3 heterocycles. The number of nitrogens with two attached hydrogens (primary N) is 1. The number of nitrogens with zero attached hydrogens (tertiary/aromatic N) is 5. The molecule has 0 spiro atoms. The van der Waals surface area contributed by atoms with Gasteiger partial charge < -0.3 is 19.8 Å². The summed E-state index contributed by atoms with van der Waals surface area (Å²) in [5, 5.41) is 8.14. The molecule has 0 fully saturated rings. The van der Waals surface area contributed by atoms with E-state index in [-0.39, 0.29) is 18.0 Å². The van der Waals surface area contributed by atoms with Crippen molar-refractivity contribution < 1.29 is 14.3 Å². The van der Waals surface area contributed by atoms with Crippen LogP contribution >= 0.6 is 11.8 Å². The van der Waals surface area contributed by atoms with Crippen LogP contribution in [0.2, 0.25) is 0 Å². The van der Waals surface area contributed by atoms with Crippen molar-refractivity contribution in [2.24, 2.45) is 21.1 Å². The fraction of sp³-hybridized carbons (Fsp3) is 0.350. The monoisotopic (exact) mass is 458 g/mol. The molecule has 0 unspecified atom stereocenters. The summed E-state index contributed by atoms with van der Waals surface area (Å²) in [7, 11) is 4.47. The Morgan fingerprint density at radius 2 is 1.81 bits per heavy atom. The highest BCUT2D eigenvalue weighted by molar-refractivity contribution is 8.00. The van der Waals surface area contributed by atoms with E-state index < -0.39 is 28.4 Å². The van der Waals surface area contributed by atoms with E-state index in [4.69, 9.17) is 15.2 Å². The zero-order chi connectivity index (χ0) is 23.2. The van der Waals surface area contributed by atoms with Crippen LogP contribution in [0.1, 0.15) is 29.2 Å². The number of fused-ring (bicyclic) bond motifs is 1. The van der Waals surface area contributed by atoms with Gasteiger partial charge in [-0.3, -0.25) is 18.7 Å². The van der Waals surface area contributed by atoms with E-state index in [1.165, 1.54) is 14.1 Å². The molecule has 0 radical (unpaired) electrons. The zero-order valence-electron chi connectivity index (χ0n) is 17.9. The molecule has 0 aliphatic carbocycles. The van der Waals surface area contributed by atoms with Gasteiger partial charge in [0.15, 0.2) is 34.4 Å². The molecule has 168 valence electrons.